The molecular weight excluding hydrogens is 324 g/mol. The summed E-state index contributed by atoms with van der Waals surface area (Å²) in [6, 6.07) is 9.21. The Morgan fingerprint density at radius 2 is 2.08 bits per heavy atom. The zero-order valence-electron chi connectivity index (χ0n) is 14.1. The van der Waals surface area contributed by atoms with Gasteiger partial charge >= 0.3 is 6.03 Å². The standard InChI is InChI=1S/C17H20N4O4/c1-13(14-4-3-9-18-12-14)20(2)17(22)19-10-11-25-16-7-5-15(6-8-16)21(23)24/h3-9,12-13H,10-11H2,1-2H3,(H,19,22). The van der Waals surface area contributed by atoms with Crippen molar-refractivity contribution in [1.29, 1.82) is 0 Å². The number of nitro groups is 1. The summed E-state index contributed by atoms with van der Waals surface area (Å²) < 4.78 is 5.45. The summed E-state index contributed by atoms with van der Waals surface area (Å²) in [5, 5.41) is 13.3. The Morgan fingerprint density at radius 1 is 1.36 bits per heavy atom. The number of non-ortho nitro benzene ring substituents is 1. The highest BCUT2D eigenvalue weighted by molar-refractivity contribution is 5.74. The largest absolute Gasteiger partial charge is 0.492 e. The van der Waals surface area contributed by atoms with Gasteiger partial charge < -0.3 is 15.0 Å². The Balaban J connectivity index is 1.75. The van der Waals surface area contributed by atoms with Gasteiger partial charge in [-0.25, -0.2) is 4.79 Å². The molecule has 1 heterocycles. The number of pyridine rings is 1. The lowest BCUT2D eigenvalue weighted by molar-refractivity contribution is -0.384. The van der Waals surface area contributed by atoms with E-state index in [1.807, 2.05) is 19.1 Å². The number of amides is 2. The number of nitrogens with one attached hydrogen (secondary N) is 1. The number of hydrogen-bond acceptors (Lipinski definition) is 5. The predicted octanol–water partition coefficient (Wildman–Crippen LogP) is 2.77. The maximum atomic E-state index is 12.2. The van der Waals surface area contributed by atoms with E-state index < -0.39 is 4.92 Å². The van der Waals surface area contributed by atoms with Gasteiger partial charge in [0.15, 0.2) is 0 Å². The normalized spacial score (nSPS) is 11.4. The average molecular weight is 344 g/mol. The smallest absolute Gasteiger partial charge is 0.317 e. The number of carbonyl (C=O) groups excluding carboxylic acids is 1. The SMILES string of the molecule is CC(c1cccnc1)N(C)C(=O)NCCOc1ccc([N+](=O)[O-])cc1. The van der Waals surface area contributed by atoms with E-state index in [0.29, 0.717) is 12.3 Å². The van der Waals surface area contributed by atoms with Gasteiger partial charge in [-0.1, -0.05) is 6.07 Å². The first kappa shape index (κ1) is 18.2. The molecule has 1 atom stereocenters. The van der Waals surface area contributed by atoms with Gasteiger partial charge in [0.05, 0.1) is 17.5 Å². The number of nitrogens with zero attached hydrogens (tertiary/aromatic N) is 3. The first-order chi connectivity index (χ1) is 12.0. The van der Waals surface area contributed by atoms with Gasteiger partial charge in [0.1, 0.15) is 12.4 Å². The number of aromatic nitrogens is 1. The van der Waals surface area contributed by atoms with E-state index in [1.54, 1.807) is 24.3 Å². The number of ether oxygens (including phenoxy) is 1. The Labute approximate surface area is 145 Å². The van der Waals surface area contributed by atoms with Crippen molar-refractivity contribution in [3.05, 3.63) is 64.5 Å². The van der Waals surface area contributed by atoms with Gasteiger partial charge in [0.25, 0.3) is 5.69 Å². The van der Waals surface area contributed by atoms with Crippen LogP contribution in [0.1, 0.15) is 18.5 Å². The molecule has 0 aliphatic rings. The molecule has 2 rings (SSSR count). The minimum Gasteiger partial charge on any atom is -0.492 e. The van der Waals surface area contributed by atoms with Gasteiger partial charge in [0, 0.05) is 31.6 Å². The van der Waals surface area contributed by atoms with Crippen LogP contribution < -0.4 is 10.1 Å². The zero-order valence-corrected chi connectivity index (χ0v) is 14.1. The first-order valence-corrected chi connectivity index (χ1v) is 7.77. The molecule has 0 radical (unpaired) electrons. The quantitative estimate of drug-likeness (QED) is 0.473. The summed E-state index contributed by atoms with van der Waals surface area (Å²) in [7, 11) is 1.71. The fourth-order valence-electron chi connectivity index (χ4n) is 2.14. The summed E-state index contributed by atoms with van der Waals surface area (Å²) in [5.41, 5.74) is 0.953. The fraction of sp³-hybridized carbons (Fsp3) is 0.294. The Hall–Kier alpha value is -3.16. The molecule has 2 amide bonds. The predicted molar refractivity (Wildman–Crippen MR) is 92.4 cm³/mol. The van der Waals surface area contributed by atoms with Crippen molar-refractivity contribution >= 4 is 11.7 Å². The third-order valence-corrected chi connectivity index (χ3v) is 3.76. The summed E-state index contributed by atoms with van der Waals surface area (Å²) in [6.45, 7) is 2.50. The monoisotopic (exact) mass is 344 g/mol. The lowest BCUT2D eigenvalue weighted by atomic mass is 10.1. The van der Waals surface area contributed by atoms with Gasteiger partial charge in [-0.15, -0.1) is 0 Å². The molecule has 132 valence electrons. The molecule has 1 aromatic heterocycles. The molecule has 8 nitrogen and oxygen atoms in total. The average Bonchev–Trinajstić information content (AvgIpc) is 2.65. The number of carbonyl (C=O) groups is 1. The second-order valence-electron chi connectivity index (χ2n) is 5.40. The summed E-state index contributed by atoms with van der Waals surface area (Å²) in [5.74, 6) is 0.511. The molecule has 0 saturated heterocycles. The fourth-order valence-corrected chi connectivity index (χ4v) is 2.14. The van der Waals surface area contributed by atoms with Crippen LogP contribution in [0.4, 0.5) is 10.5 Å². The molecule has 1 unspecified atom stereocenters. The number of nitro benzene ring substituents is 1. The van der Waals surface area contributed by atoms with E-state index in [9.17, 15) is 14.9 Å². The lowest BCUT2D eigenvalue weighted by Crippen LogP contribution is -2.40. The zero-order chi connectivity index (χ0) is 18.2. The Kier molecular flexibility index (Phi) is 6.27. The van der Waals surface area contributed by atoms with Crippen LogP contribution in [-0.4, -0.2) is 41.0 Å². The molecule has 0 aliphatic heterocycles. The van der Waals surface area contributed by atoms with Gasteiger partial charge in [-0.2, -0.15) is 0 Å². The highest BCUT2D eigenvalue weighted by Gasteiger charge is 2.16. The van der Waals surface area contributed by atoms with E-state index in [4.69, 9.17) is 4.74 Å². The van der Waals surface area contributed by atoms with Crippen LogP contribution in [-0.2, 0) is 0 Å². The van der Waals surface area contributed by atoms with Crippen molar-refractivity contribution in [1.82, 2.24) is 15.2 Å². The van der Waals surface area contributed by atoms with Crippen LogP contribution in [0.5, 0.6) is 5.75 Å². The van der Waals surface area contributed by atoms with Crippen molar-refractivity contribution in [2.45, 2.75) is 13.0 Å². The number of rotatable bonds is 7. The maximum Gasteiger partial charge on any atom is 0.317 e. The van der Waals surface area contributed by atoms with E-state index in [0.717, 1.165) is 5.56 Å². The molecule has 1 N–H and O–H groups in total. The third-order valence-electron chi connectivity index (χ3n) is 3.76. The molecule has 2 aromatic rings. The minimum absolute atomic E-state index is 0.00617. The second kappa shape index (κ2) is 8.62. The molecule has 0 fully saturated rings. The van der Waals surface area contributed by atoms with Crippen LogP contribution in [0.25, 0.3) is 0 Å². The Morgan fingerprint density at radius 3 is 2.68 bits per heavy atom. The second-order valence-corrected chi connectivity index (χ2v) is 5.40. The molecule has 25 heavy (non-hydrogen) atoms. The summed E-state index contributed by atoms with van der Waals surface area (Å²) >= 11 is 0. The first-order valence-electron chi connectivity index (χ1n) is 7.77. The summed E-state index contributed by atoms with van der Waals surface area (Å²) in [4.78, 5) is 27.9. The molecule has 0 aliphatic carbocycles. The van der Waals surface area contributed by atoms with Gasteiger partial charge in [-0.3, -0.25) is 15.1 Å². The molecular formula is C17H20N4O4. The third kappa shape index (κ3) is 5.17. The van der Waals surface area contributed by atoms with E-state index >= 15 is 0 Å². The summed E-state index contributed by atoms with van der Waals surface area (Å²) in [6.07, 6.45) is 3.41. The van der Waals surface area contributed by atoms with E-state index in [2.05, 4.69) is 10.3 Å². The van der Waals surface area contributed by atoms with Crippen LogP contribution in [0.15, 0.2) is 48.8 Å². The highest BCUT2D eigenvalue weighted by Crippen LogP contribution is 2.18. The minimum atomic E-state index is -0.469. The van der Waals surface area contributed by atoms with Crippen molar-refractivity contribution in [2.24, 2.45) is 0 Å². The topological polar surface area (TPSA) is 97.6 Å². The number of urea groups is 1. The molecule has 0 bridgehead atoms. The van der Waals surface area contributed by atoms with Crippen LogP contribution in [0.2, 0.25) is 0 Å². The van der Waals surface area contributed by atoms with Crippen molar-refractivity contribution < 1.29 is 14.5 Å². The highest BCUT2D eigenvalue weighted by atomic mass is 16.6. The van der Waals surface area contributed by atoms with Crippen molar-refractivity contribution in [3.8, 4) is 5.75 Å². The lowest BCUT2D eigenvalue weighted by Gasteiger charge is -2.25. The Bertz CT molecular complexity index is 706. The molecule has 1 aromatic carbocycles. The van der Waals surface area contributed by atoms with Gasteiger partial charge in [-0.05, 0) is 30.7 Å². The molecule has 0 saturated carbocycles. The van der Waals surface area contributed by atoms with Crippen molar-refractivity contribution in [2.75, 3.05) is 20.2 Å². The van der Waals surface area contributed by atoms with Crippen LogP contribution in [0, 0.1) is 10.1 Å². The van der Waals surface area contributed by atoms with Crippen LogP contribution >= 0.6 is 0 Å². The number of benzene rings is 1. The van der Waals surface area contributed by atoms with Crippen LogP contribution in [0.3, 0.4) is 0 Å². The van der Waals surface area contributed by atoms with Crippen molar-refractivity contribution in [3.63, 3.8) is 0 Å². The molecule has 0 spiro atoms. The molecule has 8 heteroatoms. The maximum absolute atomic E-state index is 12.2. The van der Waals surface area contributed by atoms with E-state index in [1.165, 1.54) is 24.3 Å². The van der Waals surface area contributed by atoms with E-state index in [-0.39, 0.29) is 24.4 Å². The van der Waals surface area contributed by atoms with Gasteiger partial charge in [0.2, 0.25) is 0 Å². The number of hydrogen-bond donors (Lipinski definition) is 1.